The molecule has 0 heterocycles. The number of hydrogen-bond donors (Lipinski definition) is 0. The van der Waals surface area contributed by atoms with Crippen LogP contribution in [-0.4, -0.2) is 0 Å². The van der Waals surface area contributed by atoms with E-state index < -0.39 is 0 Å². The van der Waals surface area contributed by atoms with Crippen molar-refractivity contribution in [2.24, 2.45) is 17.3 Å². The van der Waals surface area contributed by atoms with E-state index >= 15 is 0 Å². The normalized spacial score (nSPS) is 37.5. The van der Waals surface area contributed by atoms with E-state index in [1.165, 1.54) is 32.1 Å². The fourth-order valence-electron chi connectivity index (χ4n) is 3.62. The molecule has 0 aliphatic heterocycles. The Balaban J connectivity index is 1.86. The lowest BCUT2D eigenvalue weighted by Crippen LogP contribution is -1.97. The van der Waals surface area contributed by atoms with Crippen LogP contribution in [0.3, 0.4) is 0 Å². The standard InChI is InChI=1S/C12H22/c1-3-4-7-11-10(2)12(11)8-5-6-9-12/h10-11H,3-9H2,1-2H3. The molecule has 2 unspecified atom stereocenters. The van der Waals surface area contributed by atoms with E-state index in [-0.39, 0.29) is 0 Å². The van der Waals surface area contributed by atoms with Crippen LogP contribution in [0.15, 0.2) is 0 Å². The molecule has 0 bridgehead atoms. The minimum Gasteiger partial charge on any atom is -0.0654 e. The molecule has 0 N–H and O–H groups in total. The molecule has 0 heteroatoms. The molecule has 2 fully saturated rings. The van der Waals surface area contributed by atoms with Crippen LogP contribution >= 0.6 is 0 Å². The summed E-state index contributed by atoms with van der Waals surface area (Å²) in [7, 11) is 0. The van der Waals surface area contributed by atoms with Gasteiger partial charge in [-0.15, -0.1) is 0 Å². The van der Waals surface area contributed by atoms with Gasteiger partial charge in [0.1, 0.15) is 0 Å². The van der Waals surface area contributed by atoms with E-state index in [2.05, 4.69) is 13.8 Å². The van der Waals surface area contributed by atoms with E-state index in [1.54, 1.807) is 12.8 Å². The molecule has 2 saturated carbocycles. The Morgan fingerprint density at radius 3 is 2.50 bits per heavy atom. The van der Waals surface area contributed by atoms with Crippen LogP contribution in [0.2, 0.25) is 0 Å². The molecule has 0 nitrogen and oxygen atoms in total. The van der Waals surface area contributed by atoms with Crippen LogP contribution in [0, 0.1) is 17.3 Å². The lowest BCUT2D eigenvalue weighted by atomic mass is 9.98. The van der Waals surface area contributed by atoms with Crippen molar-refractivity contribution in [2.75, 3.05) is 0 Å². The second-order valence-corrected chi connectivity index (χ2v) is 4.98. The van der Waals surface area contributed by atoms with Crippen LogP contribution in [0.5, 0.6) is 0 Å². The molecule has 2 rings (SSSR count). The SMILES string of the molecule is CCCCC1C(C)C12CCCC2. The molecule has 12 heavy (non-hydrogen) atoms. The zero-order chi connectivity index (χ0) is 8.60. The second-order valence-electron chi connectivity index (χ2n) is 4.98. The van der Waals surface area contributed by atoms with Gasteiger partial charge in [-0.05, 0) is 36.5 Å². The van der Waals surface area contributed by atoms with Crippen molar-refractivity contribution in [2.45, 2.75) is 58.8 Å². The van der Waals surface area contributed by atoms with E-state index in [0.717, 1.165) is 17.3 Å². The summed E-state index contributed by atoms with van der Waals surface area (Å²) in [6, 6.07) is 0. The summed E-state index contributed by atoms with van der Waals surface area (Å²) in [5.74, 6) is 2.20. The maximum absolute atomic E-state index is 2.49. The maximum atomic E-state index is 2.49. The number of rotatable bonds is 3. The van der Waals surface area contributed by atoms with Crippen molar-refractivity contribution in [1.82, 2.24) is 0 Å². The second kappa shape index (κ2) is 3.05. The predicted molar refractivity (Wildman–Crippen MR) is 53.1 cm³/mol. The van der Waals surface area contributed by atoms with Crippen LogP contribution in [0.4, 0.5) is 0 Å². The van der Waals surface area contributed by atoms with Crippen molar-refractivity contribution < 1.29 is 0 Å². The zero-order valence-corrected chi connectivity index (χ0v) is 8.60. The van der Waals surface area contributed by atoms with Crippen molar-refractivity contribution in [3.8, 4) is 0 Å². The topological polar surface area (TPSA) is 0 Å². The fourth-order valence-corrected chi connectivity index (χ4v) is 3.62. The van der Waals surface area contributed by atoms with Gasteiger partial charge < -0.3 is 0 Å². The average Bonchev–Trinajstić information content (AvgIpc) is 2.55. The van der Waals surface area contributed by atoms with Gasteiger partial charge in [0.25, 0.3) is 0 Å². The lowest BCUT2D eigenvalue weighted by Gasteiger charge is -2.06. The Morgan fingerprint density at radius 1 is 1.25 bits per heavy atom. The Hall–Kier alpha value is 0. The maximum Gasteiger partial charge on any atom is -0.0238 e. The van der Waals surface area contributed by atoms with E-state index in [1.807, 2.05) is 0 Å². The summed E-state index contributed by atoms with van der Waals surface area (Å²) in [6.07, 6.45) is 10.5. The molecule has 2 aliphatic carbocycles. The molecule has 0 aromatic rings. The highest BCUT2D eigenvalue weighted by molar-refractivity contribution is 5.09. The minimum atomic E-state index is 0.870. The highest BCUT2D eigenvalue weighted by Gasteiger charge is 2.60. The van der Waals surface area contributed by atoms with Gasteiger partial charge in [-0.2, -0.15) is 0 Å². The third-order valence-electron chi connectivity index (χ3n) is 4.54. The number of hydrogen-bond acceptors (Lipinski definition) is 0. The largest absolute Gasteiger partial charge is 0.0654 e. The predicted octanol–water partition coefficient (Wildman–Crippen LogP) is 4.00. The van der Waals surface area contributed by atoms with Crippen molar-refractivity contribution in [3.05, 3.63) is 0 Å². The van der Waals surface area contributed by atoms with Crippen LogP contribution in [0.1, 0.15) is 58.8 Å². The monoisotopic (exact) mass is 166 g/mol. The van der Waals surface area contributed by atoms with E-state index in [9.17, 15) is 0 Å². The first-order valence-electron chi connectivity index (χ1n) is 5.81. The van der Waals surface area contributed by atoms with Crippen molar-refractivity contribution in [1.29, 1.82) is 0 Å². The third-order valence-corrected chi connectivity index (χ3v) is 4.54. The average molecular weight is 166 g/mol. The summed E-state index contributed by atoms with van der Waals surface area (Å²) in [6.45, 7) is 4.81. The highest BCUT2D eigenvalue weighted by Crippen LogP contribution is 2.68. The molecular weight excluding hydrogens is 144 g/mol. The first-order chi connectivity index (χ1) is 5.81. The van der Waals surface area contributed by atoms with E-state index in [0.29, 0.717) is 0 Å². The third kappa shape index (κ3) is 1.11. The van der Waals surface area contributed by atoms with Crippen LogP contribution in [-0.2, 0) is 0 Å². The summed E-state index contributed by atoms with van der Waals surface area (Å²) in [5, 5.41) is 0. The van der Waals surface area contributed by atoms with E-state index in [4.69, 9.17) is 0 Å². The smallest absolute Gasteiger partial charge is 0.0238 e. The molecule has 0 aromatic heterocycles. The van der Waals surface area contributed by atoms with Crippen molar-refractivity contribution in [3.63, 3.8) is 0 Å². The first-order valence-corrected chi connectivity index (χ1v) is 5.81. The summed E-state index contributed by atoms with van der Waals surface area (Å²) < 4.78 is 0. The first kappa shape index (κ1) is 8.59. The molecule has 0 amide bonds. The van der Waals surface area contributed by atoms with Gasteiger partial charge in [-0.25, -0.2) is 0 Å². The van der Waals surface area contributed by atoms with Crippen molar-refractivity contribution >= 4 is 0 Å². The zero-order valence-electron chi connectivity index (χ0n) is 8.60. The van der Waals surface area contributed by atoms with Gasteiger partial charge in [-0.3, -0.25) is 0 Å². The van der Waals surface area contributed by atoms with Crippen LogP contribution in [0.25, 0.3) is 0 Å². The van der Waals surface area contributed by atoms with Gasteiger partial charge in [0.15, 0.2) is 0 Å². The molecule has 0 saturated heterocycles. The summed E-state index contributed by atoms with van der Waals surface area (Å²) in [4.78, 5) is 0. The molecule has 2 atom stereocenters. The molecule has 1 spiro atoms. The van der Waals surface area contributed by atoms with Gasteiger partial charge in [0, 0.05) is 0 Å². The molecule has 2 aliphatic rings. The summed E-state index contributed by atoms with van der Waals surface area (Å²) >= 11 is 0. The fraction of sp³-hybridized carbons (Fsp3) is 1.00. The highest BCUT2D eigenvalue weighted by atomic mass is 14.7. The Labute approximate surface area is 76.7 Å². The van der Waals surface area contributed by atoms with Gasteiger partial charge in [0.05, 0.1) is 0 Å². The minimum absolute atomic E-state index is 0.870. The van der Waals surface area contributed by atoms with Gasteiger partial charge in [0.2, 0.25) is 0 Å². The van der Waals surface area contributed by atoms with Gasteiger partial charge in [-0.1, -0.05) is 39.5 Å². The lowest BCUT2D eigenvalue weighted by molar-refractivity contribution is 0.436. The summed E-state index contributed by atoms with van der Waals surface area (Å²) in [5.41, 5.74) is 0.870. The molecule has 0 radical (unpaired) electrons. The Bertz CT molecular complexity index is 153. The molecule has 0 aromatic carbocycles. The number of unbranched alkanes of at least 4 members (excludes halogenated alkanes) is 1. The molecule has 70 valence electrons. The van der Waals surface area contributed by atoms with Gasteiger partial charge >= 0.3 is 0 Å². The Kier molecular flexibility index (Phi) is 2.18. The molecular formula is C12H22. The Morgan fingerprint density at radius 2 is 1.92 bits per heavy atom. The van der Waals surface area contributed by atoms with Crippen LogP contribution < -0.4 is 0 Å². The quantitative estimate of drug-likeness (QED) is 0.594.